The molecule has 2 rings (SSSR count). The number of nitrogens with zero attached hydrogens (tertiary/aromatic N) is 2. The van der Waals surface area contributed by atoms with Crippen molar-refractivity contribution in [3.05, 3.63) is 28.2 Å². The third-order valence-corrected chi connectivity index (χ3v) is 3.46. The number of anilines is 1. The Morgan fingerprint density at radius 3 is 3.00 bits per heavy atom. The number of nitrogens with one attached hydrogen (secondary N) is 1. The molecular weight excluding hydrogens is 274 g/mol. The van der Waals surface area contributed by atoms with Gasteiger partial charge in [0.1, 0.15) is 0 Å². The zero-order valence-corrected chi connectivity index (χ0v) is 11.0. The van der Waals surface area contributed by atoms with Gasteiger partial charge in [-0.2, -0.15) is 9.36 Å². The number of aromatic nitrogens is 2. The number of rotatable bonds is 4. The highest BCUT2D eigenvalue weighted by Crippen LogP contribution is 2.14. The molecular formula is C10H9N3O3S2. The number of hydrogen-bond acceptors (Lipinski definition) is 7. The smallest absolute Gasteiger partial charge is 0.377 e. The number of carbonyl (C=O) groups is 2. The quantitative estimate of drug-likeness (QED) is 0.861. The minimum absolute atomic E-state index is 0.0473. The van der Waals surface area contributed by atoms with Gasteiger partial charge in [0, 0.05) is 16.4 Å². The van der Waals surface area contributed by atoms with E-state index in [-0.39, 0.29) is 23.3 Å². The van der Waals surface area contributed by atoms with Gasteiger partial charge in [-0.3, -0.25) is 4.79 Å². The molecule has 0 bridgehead atoms. The molecule has 0 spiro atoms. The summed E-state index contributed by atoms with van der Waals surface area (Å²) in [5, 5.41) is 4.78. The first-order valence-corrected chi connectivity index (χ1v) is 6.58. The first kappa shape index (κ1) is 12.7. The fourth-order valence-corrected chi connectivity index (χ4v) is 2.46. The second-order valence-corrected chi connectivity index (χ2v) is 5.00. The van der Waals surface area contributed by atoms with Gasteiger partial charge in [-0.15, -0.1) is 11.3 Å². The van der Waals surface area contributed by atoms with Gasteiger partial charge in [0.15, 0.2) is 0 Å². The summed E-state index contributed by atoms with van der Waals surface area (Å²) in [4.78, 5) is 27.6. The molecule has 2 aromatic heterocycles. The summed E-state index contributed by atoms with van der Waals surface area (Å²) in [6, 6.07) is 3.76. The van der Waals surface area contributed by atoms with Crippen LogP contribution in [0.1, 0.15) is 15.5 Å². The van der Waals surface area contributed by atoms with Gasteiger partial charge in [-0.05, 0) is 11.4 Å². The molecule has 2 aromatic rings. The van der Waals surface area contributed by atoms with E-state index in [1.54, 1.807) is 0 Å². The van der Waals surface area contributed by atoms with E-state index in [0.29, 0.717) is 0 Å². The summed E-state index contributed by atoms with van der Waals surface area (Å²) in [5.74, 6) is -0.857. The van der Waals surface area contributed by atoms with Crippen LogP contribution in [0.15, 0.2) is 17.5 Å². The summed E-state index contributed by atoms with van der Waals surface area (Å²) >= 11 is 2.45. The first-order chi connectivity index (χ1) is 8.69. The van der Waals surface area contributed by atoms with Crippen molar-refractivity contribution in [1.29, 1.82) is 0 Å². The lowest BCUT2D eigenvalue weighted by molar-refractivity contribution is -0.115. The Bertz CT molecular complexity index is 550. The van der Waals surface area contributed by atoms with Crippen molar-refractivity contribution in [2.24, 2.45) is 0 Å². The molecule has 0 aliphatic rings. The van der Waals surface area contributed by atoms with Crippen LogP contribution < -0.4 is 5.32 Å². The summed E-state index contributed by atoms with van der Waals surface area (Å²) in [7, 11) is 1.25. The fraction of sp³-hybridized carbons (Fsp3) is 0.200. The fourth-order valence-electron chi connectivity index (χ4n) is 1.18. The third kappa shape index (κ3) is 3.11. The van der Waals surface area contributed by atoms with Gasteiger partial charge in [0.2, 0.25) is 11.0 Å². The van der Waals surface area contributed by atoms with Crippen molar-refractivity contribution in [2.75, 3.05) is 12.4 Å². The predicted molar refractivity (Wildman–Crippen MR) is 67.9 cm³/mol. The van der Waals surface area contributed by atoms with Crippen LogP contribution in [-0.4, -0.2) is 28.3 Å². The van der Waals surface area contributed by atoms with Crippen LogP contribution in [0.3, 0.4) is 0 Å². The number of esters is 1. The second kappa shape index (κ2) is 5.69. The Kier molecular flexibility index (Phi) is 4.00. The van der Waals surface area contributed by atoms with E-state index >= 15 is 0 Å². The molecule has 0 aliphatic carbocycles. The molecule has 0 saturated carbocycles. The third-order valence-electron chi connectivity index (χ3n) is 1.96. The van der Waals surface area contributed by atoms with E-state index in [4.69, 9.17) is 0 Å². The zero-order valence-electron chi connectivity index (χ0n) is 9.37. The highest BCUT2D eigenvalue weighted by atomic mass is 32.1. The topological polar surface area (TPSA) is 81.2 Å². The van der Waals surface area contributed by atoms with Crippen LogP contribution in [0.2, 0.25) is 0 Å². The van der Waals surface area contributed by atoms with Crippen molar-refractivity contribution < 1.29 is 14.3 Å². The lowest BCUT2D eigenvalue weighted by atomic mass is 10.3. The largest absolute Gasteiger partial charge is 0.463 e. The molecule has 1 amide bonds. The van der Waals surface area contributed by atoms with E-state index in [1.807, 2.05) is 17.5 Å². The molecule has 0 aromatic carbocycles. The molecule has 0 unspecified atom stereocenters. The van der Waals surface area contributed by atoms with Crippen LogP contribution in [0.25, 0.3) is 0 Å². The molecule has 6 nitrogen and oxygen atoms in total. The minimum atomic E-state index is -0.620. The van der Waals surface area contributed by atoms with Crippen LogP contribution >= 0.6 is 22.9 Å². The van der Waals surface area contributed by atoms with Crippen LogP contribution in [-0.2, 0) is 16.0 Å². The normalized spacial score (nSPS) is 10.1. The summed E-state index contributed by atoms with van der Waals surface area (Å²) in [6.07, 6.45) is 0.283. The average molecular weight is 283 g/mol. The average Bonchev–Trinajstić information content (AvgIpc) is 2.99. The summed E-state index contributed by atoms with van der Waals surface area (Å²) in [5.41, 5.74) is 0. The molecule has 0 atom stereocenters. The van der Waals surface area contributed by atoms with Gasteiger partial charge in [-0.25, -0.2) is 4.79 Å². The maximum atomic E-state index is 11.6. The lowest BCUT2D eigenvalue weighted by Gasteiger charge is -1.98. The van der Waals surface area contributed by atoms with Gasteiger partial charge in [-0.1, -0.05) is 6.07 Å². The van der Waals surface area contributed by atoms with Crippen molar-refractivity contribution in [3.8, 4) is 0 Å². The van der Waals surface area contributed by atoms with Crippen LogP contribution in [0.4, 0.5) is 5.13 Å². The van der Waals surface area contributed by atoms with E-state index in [9.17, 15) is 9.59 Å². The lowest BCUT2D eigenvalue weighted by Crippen LogP contribution is -2.13. The highest BCUT2D eigenvalue weighted by Gasteiger charge is 2.14. The molecule has 8 heteroatoms. The number of methoxy groups -OCH3 is 1. The maximum Gasteiger partial charge on any atom is 0.377 e. The van der Waals surface area contributed by atoms with Crippen molar-refractivity contribution in [1.82, 2.24) is 9.36 Å². The zero-order chi connectivity index (χ0) is 13.0. The summed E-state index contributed by atoms with van der Waals surface area (Å²) < 4.78 is 8.25. The van der Waals surface area contributed by atoms with E-state index < -0.39 is 5.97 Å². The Balaban J connectivity index is 1.95. The standard InChI is InChI=1S/C10H9N3O3S2/c1-16-9(15)8-12-10(18-13-8)11-7(14)5-6-3-2-4-17-6/h2-4H,5H2,1H3,(H,11,12,13,14). The molecule has 2 heterocycles. The second-order valence-electron chi connectivity index (χ2n) is 3.22. The Morgan fingerprint density at radius 1 is 1.50 bits per heavy atom. The van der Waals surface area contributed by atoms with Gasteiger partial charge in [0.25, 0.3) is 5.82 Å². The van der Waals surface area contributed by atoms with Gasteiger partial charge >= 0.3 is 5.97 Å². The monoisotopic (exact) mass is 283 g/mol. The summed E-state index contributed by atoms with van der Waals surface area (Å²) in [6.45, 7) is 0. The van der Waals surface area contributed by atoms with Crippen LogP contribution in [0.5, 0.6) is 0 Å². The molecule has 0 aliphatic heterocycles. The molecule has 1 N–H and O–H groups in total. The molecule has 94 valence electrons. The van der Waals surface area contributed by atoms with Gasteiger partial charge < -0.3 is 10.1 Å². The minimum Gasteiger partial charge on any atom is -0.463 e. The number of ether oxygens (including phenoxy) is 1. The van der Waals surface area contributed by atoms with Crippen molar-refractivity contribution >= 4 is 39.9 Å². The Hall–Kier alpha value is -1.80. The van der Waals surface area contributed by atoms with E-state index in [1.165, 1.54) is 18.4 Å². The predicted octanol–water partition coefficient (Wildman–Crippen LogP) is 1.57. The Morgan fingerprint density at radius 2 is 2.33 bits per heavy atom. The van der Waals surface area contributed by atoms with E-state index in [0.717, 1.165) is 16.4 Å². The number of hydrogen-bond donors (Lipinski definition) is 1. The highest BCUT2D eigenvalue weighted by molar-refractivity contribution is 7.10. The number of thiophene rings is 1. The van der Waals surface area contributed by atoms with E-state index in [2.05, 4.69) is 19.4 Å². The van der Waals surface area contributed by atoms with Crippen molar-refractivity contribution in [2.45, 2.75) is 6.42 Å². The number of amides is 1. The first-order valence-electron chi connectivity index (χ1n) is 4.93. The van der Waals surface area contributed by atoms with Crippen molar-refractivity contribution in [3.63, 3.8) is 0 Å². The molecule has 0 fully saturated rings. The maximum absolute atomic E-state index is 11.6. The molecule has 18 heavy (non-hydrogen) atoms. The Labute approximate surface area is 111 Å². The SMILES string of the molecule is COC(=O)c1nsc(NC(=O)Cc2cccs2)n1. The molecule has 0 saturated heterocycles. The number of carbonyl (C=O) groups excluding carboxylic acids is 2. The van der Waals surface area contributed by atoms with Crippen LogP contribution in [0, 0.1) is 0 Å². The molecule has 0 radical (unpaired) electrons. The van der Waals surface area contributed by atoms with Gasteiger partial charge in [0.05, 0.1) is 13.5 Å².